The number of hydrogen-bond donors (Lipinski definition) is 0. The van der Waals surface area contributed by atoms with Gasteiger partial charge in [0, 0.05) is 65.0 Å². The van der Waals surface area contributed by atoms with Gasteiger partial charge in [-0.2, -0.15) is 9.97 Å². The van der Waals surface area contributed by atoms with E-state index in [1.54, 1.807) is 0 Å². The van der Waals surface area contributed by atoms with Crippen molar-refractivity contribution in [1.82, 2.24) is 19.5 Å². The smallest absolute Gasteiger partial charge is 0.238 e. The first kappa shape index (κ1) is 25.1. The SMILES string of the molecule is c1ccc(-c2nc(-c3ccccc3)nc(-n3c4ccc5oc6ccc7oc8ccc9oc%10c%11ccccc%11c3c3c%10c9c8c7c6c5c34)n2)cc1. The molecule has 8 aromatic carbocycles. The molecule has 0 saturated heterocycles. The Bertz CT molecular complexity index is 3420. The van der Waals surface area contributed by atoms with Crippen molar-refractivity contribution in [3.05, 3.63) is 121 Å². The first-order chi connectivity index (χ1) is 24.8. The van der Waals surface area contributed by atoms with E-state index in [-0.39, 0.29) is 0 Å². The molecular weight excluding hydrogens is 620 g/mol. The van der Waals surface area contributed by atoms with Crippen LogP contribution in [0.5, 0.6) is 0 Å². The lowest BCUT2D eigenvalue weighted by atomic mass is 9.93. The fourth-order valence-electron chi connectivity index (χ4n) is 8.59. The van der Waals surface area contributed by atoms with Crippen molar-refractivity contribution < 1.29 is 13.3 Å². The molecule has 0 fully saturated rings. The van der Waals surface area contributed by atoms with Crippen LogP contribution in [-0.2, 0) is 0 Å². The Morgan fingerprint density at radius 2 is 0.860 bits per heavy atom. The van der Waals surface area contributed by atoms with Crippen LogP contribution in [0.3, 0.4) is 0 Å². The molecule has 13 rings (SSSR count). The highest BCUT2D eigenvalue weighted by atomic mass is 16.3. The van der Waals surface area contributed by atoms with Crippen molar-refractivity contribution in [3.63, 3.8) is 0 Å². The molecule has 13 aromatic rings. The van der Waals surface area contributed by atoms with Gasteiger partial charge in [-0.1, -0.05) is 84.9 Å². The molecule has 7 nitrogen and oxygen atoms in total. The van der Waals surface area contributed by atoms with E-state index in [0.29, 0.717) is 17.6 Å². The Labute approximate surface area is 280 Å². The van der Waals surface area contributed by atoms with E-state index < -0.39 is 0 Å². The summed E-state index contributed by atoms with van der Waals surface area (Å²) in [5, 5.41) is 10.5. The van der Waals surface area contributed by atoms with Gasteiger partial charge in [-0.05, 0) is 36.4 Å². The van der Waals surface area contributed by atoms with Gasteiger partial charge in [0.25, 0.3) is 0 Å². The summed E-state index contributed by atoms with van der Waals surface area (Å²) in [5.74, 6) is 1.75. The normalized spacial score (nSPS) is 12.8. The summed E-state index contributed by atoms with van der Waals surface area (Å²) in [6.45, 7) is 0. The third kappa shape index (κ3) is 2.88. The zero-order chi connectivity index (χ0) is 32.2. The van der Waals surface area contributed by atoms with Gasteiger partial charge in [0.2, 0.25) is 5.95 Å². The van der Waals surface area contributed by atoms with E-state index in [2.05, 4.69) is 41.0 Å². The van der Waals surface area contributed by atoms with Crippen LogP contribution in [0.1, 0.15) is 0 Å². The number of hydrogen-bond acceptors (Lipinski definition) is 6. The molecule has 0 unspecified atom stereocenters. The Hall–Kier alpha value is -6.99. The van der Waals surface area contributed by atoms with E-state index in [1.165, 1.54) is 0 Å². The standard InChI is InChI=1S/C43H20N4O3/c1-3-9-21(10-4-1)41-44-42(22-11-5-2-6-12-22)46-43(45-41)47-25-15-16-26-32-31(25)37-38-36-30(50-40(38)24-14-8-7-13-23(24)39(37)47)20-19-29-35(36)34-28(49-29)18-17-27(48-26)33(32)34/h1-20H. The second-order valence-corrected chi connectivity index (χ2v) is 13.1. The van der Waals surface area contributed by atoms with Crippen molar-refractivity contribution in [1.29, 1.82) is 0 Å². The molecule has 7 heteroatoms. The Balaban J connectivity index is 1.34. The summed E-state index contributed by atoms with van der Waals surface area (Å²) in [6, 6.07) is 41.0. The average molecular weight is 641 g/mol. The lowest BCUT2D eigenvalue weighted by Gasteiger charge is -2.12. The molecule has 0 saturated carbocycles. The Kier molecular flexibility index (Phi) is 4.28. The second kappa shape index (κ2) is 8.53. The predicted molar refractivity (Wildman–Crippen MR) is 198 cm³/mol. The van der Waals surface area contributed by atoms with Gasteiger partial charge in [-0.25, -0.2) is 4.98 Å². The van der Waals surface area contributed by atoms with Gasteiger partial charge in [-0.3, -0.25) is 4.57 Å². The predicted octanol–water partition coefficient (Wildman–Crippen LogP) is 11.5. The van der Waals surface area contributed by atoms with Gasteiger partial charge < -0.3 is 13.3 Å². The van der Waals surface area contributed by atoms with Crippen LogP contribution in [0.25, 0.3) is 127 Å². The lowest BCUT2D eigenvalue weighted by Crippen LogP contribution is -2.06. The van der Waals surface area contributed by atoms with Gasteiger partial charge in [0.1, 0.15) is 33.5 Å². The van der Waals surface area contributed by atoms with Crippen molar-refractivity contribution in [2.75, 3.05) is 0 Å². The van der Waals surface area contributed by atoms with Crippen LogP contribution in [-0.4, -0.2) is 19.5 Å². The Morgan fingerprint density at radius 1 is 0.380 bits per heavy atom. The van der Waals surface area contributed by atoms with Crippen LogP contribution in [0.15, 0.2) is 135 Å². The molecule has 5 heterocycles. The topological polar surface area (TPSA) is 83.0 Å². The van der Waals surface area contributed by atoms with E-state index in [4.69, 9.17) is 28.2 Å². The van der Waals surface area contributed by atoms with Crippen molar-refractivity contribution in [2.24, 2.45) is 0 Å². The molecule has 0 spiro atoms. The molecule has 0 bridgehead atoms. The molecule has 0 aliphatic heterocycles. The van der Waals surface area contributed by atoms with Crippen molar-refractivity contribution in [3.8, 4) is 28.7 Å². The Morgan fingerprint density at radius 3 is 1.46 bits per heavy atom. The number of furan rings is 3. The first-order valence-electron chi connectivity index (χ1n) is 16.6. The first-order valence-corrected chi connectivity index (χ1v) is 16.6. The number of benzene rings is 7. The minimum absolute atomic E-state index is 0.540. The van der Waals surface area contributed by atoms with Crippen molar-refractivity contribution >= 4 is 98.4 Å². The molecular formula is C43H20N4O3. The fraction of sp³-hybridized carbons (Fsp3) is 0. The summed E-state index contributed by atoms with van der Waals surface area (Å²) in [5.41, 5.74) is 8.78. The molecule has 0 N–H and O–H groups in total. The van der Waals surface area contributed by atoms with Crippen LogP contribution < -0.4 is 0 Å². The minimum atomic E-state index is 0.540. The lowest BCUT2D eigenvalue weighted by molar-refractivity contribution is 0.661. The average Bonchev–Trinajstić information content (AvgIpc) is 3.92. The van der Waals surface area contributed by atoms with Gasteiger partial charge in [-0.15, -0.1) is 0 Å². The quantitative estimate of drug-likeness (QED) is 0.191. The summed E-state index contributed by atoms with van der Waals surface area (Å²) in [6.07, 6.45) is 0. The molecule has 0 aliphatic rings. The molecule has 0 atom stereocenters. The minimum Gasteiger partial charge on any atom is -0.456 e. The summed E-state index contributed by atoms with van der Waals surface area (Å²) in [4.78, 5) is 15.5. The highest BCUT2D eigenvalue weighted by molar-refractivity contribution is 6.47. The maximum atomic E-state index is 6.86. The number of rotatable bonds is 3. The zero-order valence-corrected chi connectivity index (χ0v) is 26.1. The third-order valence-electron chi connectivity index (χ3n) is 10.5. The third-order valence-corrected chi connectivity index (χ3v) is 10.5. The van der Waals surface area contributed by atoms with E-state index in [1.807, 2.05) is 84.9 Å². The summed E-state index contributed by atoms with van der Waals surface area (Å²) < 4.78 is 22.3. The number of nitrogens with zero attached hydrogens (tertiary/aromatic N) is 4. The molecule has 0 aliphatic carbocycles. The van der Waals surface area contributed by atoms with E-state index in [9.17, 15) is 0 Å². The van der Waals surface area contributed by atoms with E-state index in [0.717, 1.165) is 110 Å². The summed E-state index contributed by atoms with van der Waals surface area (Å²) in [7, 11) is 0. The molecule has 230 valence electrons. The molecule has 0 radical (unpaired) electrons. The molecule has 0 amide bonds. The molecule has 50 heavy (non-hydrogen) atoms. The second-order valence-electron chi connectivity index (χ2n) is 13.1. The molecule has 5 aromatic heterocycles. The number of fused-ring (bicyclic) bond motifs is 3. The maximum Gasteiger partial charge on any atom is 0.238 e. The largest absolute Gasteiger partial charge is 0.456 e. The van der Waals surface area contributed by atoms with Gasteiger partial charge in [0.15, 0.2) is 11.6 Å². The van der Waals surface area contributed by atoms with Crippen LogP contribution in [0.2, 0.25) is 0 Å². The number of aromatic nitrogens is 4. The van der Waals surface area contributed by atoms with Crippen LogP contribution in [0, 0.1) is 0 Å². The van der Waals surface area contributed by atoms with Crippen LogP contribution >= 0.6 is 0 Å². The monoisotopic (exact) mass is 640 g/mol. The highest BCUT2D eigenvalue weighted by Gasteiger charge is 2.31. The van der Waals surface area contributed by atoms with Crippen LogP contribution in [0.4, 0.5) is 0 Å². The summed E-state index contributed by atoms with van der Waals surface area (Å²) >= 11 is 0. The van der Waals surface area contributed by atoms with E-state index >= 15 is 0 Å². The highest BCUT2D eigenvalue weighted by Crippen LogP contribution is 2.54. The maximum absolute atomic E-state index is 6.86. The van der Waals surface area contributed by atoms with Gasteiger partial charge in [0.05, 0.1) is 11.0 Å². The van der Waals surface area contributed by atoms with Crippen molar-refractivity contribution in [2.45, 2.75) is 0 Å². The van der Waals surface area contributed by atoms with Gasteiger partial charge >= 0.3 is 0 Å². The fourth-order valence-corrected chi connectivity index (χ4v) is 8.59. The zero-order valence-electron chi connectivity index (χ0n) is 26.1.